The number of nitrogens with zero attached hydrogens (tertiary/aromatic N) is 4. The van der Waals surface area contributed by atoms with Gasteiger partial charge < -0.3 is 23.5 Å². The maximum Gasteiger partial charge on any atom is 0.140 e. The zero-order valence-corrected chi connectivity index (χ0v) is 26.9. The number of pyridine rings is 1. The summed E-state index contributed by atoms with van der Waals surface area (Å²) in [4.78, 5) is 9.06. The predicted octanol–water partition coefficient (Wildman–Crippen LogP) is 9.34. The van der Waals surface area contributed by atoms with Crippen molar-refractivity contribution in [1.29, 1.82) is 0 Å². The number of furan rings is 1. The van der Waals surface area contributed by atoms with E-state index < -0.39 is 0 Å². The van der Waals surface area contributed by atoms with Gasteiger partial charge in [-0.2, -0.15) is 18.8 Å². The second-order valence-electron chi connectivity index (χ2n) is 11.1. The molecule has 0 atom stereocenters. The number of hydrogen-bond donors (Lipinski definition) is 0. The third kappa shape index (κ3) is 4.65. The fourth-order valence-corrected chi connectivity index (χ4v) is 6.21. The summed E-state index contributed by atoms with van der Waals surface area (Å²) in [7, 11) is 2.02. The van der Waals surface area contributed by atoms with Gasteiger partial charge in [-0.25, -0.2) is 4.98 Å². The summed E-state index contributed by atoms with van der Waals surface area (Å²) in [6.07, 6.45) is 4.00. The van der Waals surface area contributed by atoms with Gasteiger partial charge in [0.2, 0.25) is 0 Å². The second-order valence-corrected chi connectivity index (χ2v) is 11.1. The number of rotatable bonds is 5. The third-order valence-electron chi connectivity index (χ3n) is 8.22. The number of anilines is 1. The van der Waals surface area contributed by atoms with E-state index in [2.05, 4.69) is 70.3 Å². The molecule has 3 aromatic heterocycles. The molecule has 0 aliphatic carbocycles. The van der Waals surface area contributed by atoms with Crippen LogP contribution in [0.25, 0.3) is 55.3 Å². The topological polar surface area (TPSA) is 46.7 Å². The van der Waals surface area contributed by atoms with Crippen LogP contribution >= 0.6 is 0 Å². The van der Waals surface area contributed by atoms with E-state index in [1.807, 2.05) is 97.6 Å². The molecule has 0 amide bonds. The number of hydrogen-bond acceptors (Lipinski definition) is 5. The molecular formula is C39H25N4O2Pt-3. The molecule has 5 aromatic carbocycles. The van der Waals surface area contributed by atoms with Gasteiger partial charge in [-0.1, -0.05) is 72.2 Å². The quantitative estimate of drug-likeness (QED) is 0.163. The van der Waals surface area contributed by atoms with Gasteiger partial charge in [0.1, 0.15) is 17.0 Å². The Hall–Kier alpha value is -5.32. The molecular weight excluding hydrogens is 752 g/mol. The molecule has 0 fully saturated rings. The largest absolute Gasteiger partial charge is 0.510 e. The molecule has 0 unspecified atom stereocenters. The van der Waals surface area contributed by atoms with Gasteiger partial charge in [0.25, 0.3) is 0 Å². The third-order valence-corrected chi connectivity index (χ3v) is 8.22. The van der Waals surface area contributed by atoms with Gasteiger partial charge in [-0.3, -0.25) is 0 Å². The van der Waals surface area contributed by atoms with Gasteiger partial charge in [0.05, 0.1) is 0 Å². The standard InChI is InChI=1S/C39H25N4O2.Pt/c1-41-24-36(26-10-3-2-4-11-26)42(25-41)27-12-9-13-28(20-27)44-29-18-19-31-30-14-5-7-16-34(30)43(35(31)21-29)39-22-38-33(23-40-39)32-15-6-8-17-37(32)45-38;/h2-19,22-25H,1H3;/q-3;. The molecule has 0 saturated carbocycles. The summed E-state index contributed by atoms with van der Waals surface area (Å²) in [6, 6.07) is 45.7. The molecule has 1 aliphatic heterocycles. The van der Waals surface area contributed by atoms with Gasteiger partial charge in [0.15, 0.2) is 0 Å². The molecule has 9 rings (SSSR count). The first-order valence-electron chi connectivity index (χ1n) is 14.8. The van der Waals surface area contributed by atoms with E-state index in [-0.39, 0.29) is 21.1 Å². The Morgan fingerprint density at radius 2 is 1.50 bits per heavy atom. The monoisotopic (exact) mass is 776 g/mol. The average molecular weight is 777 g/mol. The van der Waals surface area contributed by atoms with E-state index in [9.17, 15) is 0 Å². The Labute approximate surface area is 280 Å². The molecule has 7 heteroatoms. The van der Waals surface area contributed by atoms with E-state index in [1.54, 1.807) is 0 Å². The van der Waals surface area contributed by atoms with Crippen LogP contribution in [0, 0.1) is 18.8 Å². The Morgan fingerprint density at radius 3 is 2.39 bits per heavy atom. The van der Waals surface area contributed by atoms with Gasteiger partial charge >= 0.3 is 0 Å². The Balaban J connectivity index is 0.00000312. The van der Waals surface area contributed by atoms with Crippen molar-refractivity contribution in [1.82, 2.24) is 14.5 Å². The van der Waals surface area contributed by atoms with E-state index in [0.717, 1.165) is 66.5 Å². The molecule has 8 aromatic rings. The van der Waals surface area contributed by atoms with Crippen LogP contribution in [0.2, 0.25) is 0 Å². The van der Waals surface area contributed by atoms with Gasteiger partial charge in [0, 0.05) is 66.8 Å². The summed E-state index contributed by atoms with van der Waals surface area (Å²) in [5, 5.41) is 4.23. The maximum atomic E-state index is 6.41. The fourth-order valence-electron chi connectivity index (χ4n) is 6.21. The normalized spacial score (nSPS) is 13.1. The van der Waals surface area contributed by atoms with Crippen LogP contribution in [-0.2, 0) is 21.1 Å². The summed E-state index contributed by atoms with van der Waals surface area (Å²) >= 11 is 0. The number of benzene rings is 5. The molecule has 226 valence electrons. The zero-order valence-electron chi connectivity index (χ0n) is 24.6. The molecule has 4 heterocycles. The Kier molecular flexibility index (Phi) is 6.88. The summed E-state index contributed by atoms with van der Waals surface area (Å²) in [5.41, 5.74) is 6.61. The minimum Gasteiger partial charge on any atom is -0.510 e. The predicted molar refractivity (Wildman–Crippen MR) is 179 cm³/mol. The molecule has 0 bridgehead atoms. The Morgan fingerprint density at radius 1 is 0.717 bits per heavy atom. The first-order chi connectivity index (χ1) is 22.2. The van der Waals surface area contributed by atoms with Crippen LogP contribution in [0.15, 0.2) is 132 Å². The van der Waals surface area contributed by atoms with Crippen molar-refractivity contribution in [2.75, 3.05) is 11.9 Å². The van der Waals surface area contributed by atoms with Crippen LogP contribution in [0.4, 0.5) is 5.69 Å². The van der Waals surface area contributed by atoms with Gasteiger partial charge in [-0.05, 0) is 36.3 Å². The summed E-state index contributed by atoms with van der Waals surface area (Å²) in [5.74, 6) is 1.94. The van der Waals surface area contributed by atoms with Crippen molar-refractivity contribution in [2.24, 2.45) is 0 Å². The van der Waals surface area contributed by atoms with E-state index >= 15 is 0 Å². The van der Waals surface area contributed by atoms with Crippen molar-refractivity contribution in [3.05, 3.63) is 152 Å². The second kappa shape index (κ2) is 11.2. The smallest absolute Gasteiger partial charge is 0.140 e. The van der Waals surface area contributed by atoms with Gasteiger partial charge in [-0.15, -0.1) is 41.4 Å². The number of aromatic nitrogens is 2. The number of ether oxygens (including phenoxy) is 1. The van der Waals surface area contributed by atoms with Crippen LogP contribution in [-0.4, -0.2) is 21.5 Å². The molecule has 6 nitrogen and oxygen atoms in total. The first kappa shape index (κ1) is 28.2. The summed E-state index contributed by atoms with van der Waals surface area (Å²) in [6.45, 7) is 2.04. The molecule has 0 spiro atoms. The van der Waals surface area contributed by atoms with Crippen LogP contribution in [0.3, 0.4) is 0 Å². The van der Waals surface area contributed by atoms with Crippen LogP contribution in [0.1, 0.15) is 5.56 Å². The maximum absolute atomic E-state index is 6.41. The number of para-hydroxylation sites is 2. The van der Waals surface area contributed by atoms with Crippen molar-refractivity contribution < 1.29 is 30.2 Å². The molecule has 0 radical (unpaired) electrons. The Bertz CT molecular complexity index is 2430. The zero-order chi connectivity index (χ0) is 29.9. The first-order valence-corrected chi connectivity index (χ1v) is 14.8. The fraction of sp³-hybridized carbons (Fsp3) is 0.0256. The van der Waals surface area contributed by atoms with E-state index in [1.165, 1.54) is 0 Å². The van der Waals surface area contributed by atoms with E-state index in [4.69, 9.17) is 14.1 Å². The van der Waals surface area contributed by atoms with Crippen molar-refractivity contribution in [2.45, 2.75) is 0 Å². The molecule has 1 aliphatic rings. The summed E-state index contributed by atoms with van der Waals surface area (Å²) < 4.78 is 14.7. The average Bonchev–Trinajstić information content (AvgIpc) is 3.76. The number of fused-ring (bicyclic) bond motifs is 6. The molecule has 0 N–H and O–H groups in total. The van der Waals surface area contributed by atoms with Crippen molar-refractivity contribution in [3.63, 3.8) is 0 Å². The van der Waals surface area contributed by atoms with Crippen LogP contribution in [0.5, 0.6) is 11.5 Å². The van der Waals surface area contributed by atoms with Crippen molar-refractivity contribution in [3.8, 4) is 17.3 Å². The van der Waals surface area contributed by atoms with E-state index in [0.29, 0.717) is 11.5 Å². The van der Waals surface area contributed by atoms with Crippen LogP contribution < -0.4 is 9.64 Å². The van der Waals surface area contributed by atoms with Crippen molar-refractivity contribution >= 4 is 55.1 Å². The minimum atomic E-state index is 0. The SMILES string of the molecule is CN1C=C(c2ccccc2)N(c2[c-]c(Oc3[c-]c4c(cc3)c3ccccc3n4-c3cc4oc5ccccc5c4cn3)ccc2)[CH-]1.[Pt]. The molecule has 46 heavy (non-hydrogen) atoms. The molecule has 0 saturated heterocycles. The minimum absolute atomic E-state index is 0.